The monoisotopic (exact) mass is 387 g/mol. The largest absolute Gasteiger partial charge is 0.369 e. The van der Waals surface area contributed by atoms with E-state index in [1.54, 1.807) is 30.3 Å². The molecule has 5 nitrogen and oxygen atoms in total. The third kappa shape index (κ3) is 3.34. The van der Waals surface area contributed by atoms with Gasteiger partial charge in [-0.2, -0.15) is 0 Å². The molecular formula is C19H18ClN3O2S. The number of halogens is 1. The molecule has 1 amide bonds. The molecule has 1 heterocycles. The van der Waals surface area contributed by atoms with Gasteiger partial charge in [0.15, 0.2) is 5.16 Å². The minimum absolute atomic E-state index is 0.206. The van der Waals surface area contributed by atoms with Crippen LogP contribution >= 0.6 is 23.4 Å². The number of primary amides is 1. The van der Waals surface area contributed by atoms with E-state index in [0.29, 0.717) is 33.2 Å². The summed E-state index contributed by atoms with van der Waals surface area (Å²) in [5.74, 6) is -0.436. The Hall–Kier alpha value is -2.31. The third-order valence-corrected chi connectivity index (χ3v) is 5.91. The number of para-hydroxylation sites is 1. The molecule has 0 saturated carbocycles. The number of nitrogens with two attached hydrogens (primary N) is 1. The van der Waals surface area contributed by atoms with E-state index in [1.807, 2.05) is 26.0 Å². The van der Waals surface area contributed by atoms with E-state index in [-0.39, 0.29) is 5.56 Å². The van der Waals surface area contributed by atoms with Crippen LogP contribution in [0.25, 0.3) is 16.6 Å². The fraction of sp³-hybridized carbons (Fsp3) is 0.211. The highest BCUT2D eigenvalue weighted by molar-refractivity contribution is 8.00. The maximum atomic E-state index is 13.2. The minimum atomic E-state index is -0.478. The molecule has 2 N–H and O–H groups in total. The molecular weight excluding hydrogens is 370 g/mol. The van der Waals surface area contributed by atoms with Crippen LogP contribution in [0.3, 0.4) is 0 Å². The normalized spacial score (nSPS) is 12.3. The fourth-order valence-corrected chi connectivity index (χ4v) is 3.86. The predicted octanol–water partition coefficient (Wildman–Crippen LogP) is 3.70. The van der Waals surface area contributed by atoms with Crippen molar-refractivity contribution in [2.75, 3.05) is 0 Å². The zero-order chi connectivity index (χ0) is 18.8. The van der Waals surface area contributed by atoms with Crippen molar-refractivity contribution >= 4 is 40.2 Å². The summed E-state index contributed by atoms with van der Waals surface area (Å²) >= 11 is 7.45. The summed E-state index contributed by atoms with van der Waals surface area (Å²) in [6.07, 6.45) is 0.539. The molecule has 0 spiro atoms. The molecule has 26 heavy (non-hydrogen) atoms. The van der Waals surface area contributed by atoms with Gasteiger partial charge in [-0.3, -0.25) is 14.2 Å². The zero-order valence-corrected chi connectivity index (χ0v) is 16.0. The lowest BCUT2D eigenvalue weighted by molar-refractivity contribution is -0.117. The smallest absolute Gasteiger partial charge is 0.266 e. The Kier molecular flexibility index (Phi) is 5.34. The van der Waals surface area contributed by atoms with Crippen molar-refractivity contribution in [3.63, 3.8) is 0 Å². The van der Waals surface area contributed by atoms with Crippen LogP contribution in [0.5, 0.6) is 0 Å². The summed E-state index contributed by atoms with van der Waals surface area (Å²) in [4.78, 5) is 29.5. The standard InChI is InChI=1S/C19H18ClN3O2S/c1-3-16(17(21)24)26-19-22-14-9-5-4-7-12(14)18(25)23(19)15-10-6-8-13(20)11(15)2/h4-10,16H,3H2,1-2H3,(H2,21,24). The third-order valence-electron chi connectivity index (χ3n) is 4.16. The summed E-state index contributed by atoms with van der Waals surface area (Å²) in [5, 5.41) is 1.00. The highest BCUT2D eigenvalue weighted by Gasteiger charge is 2.21. The van der Waals surface area contributed by atoms with E-state index in [9.17, 15) is 9.59 Å². The Morgan fingerprint density at radius 2 is 2.00 bits per heavy atom. The van der Waals surface area contributed by atoms with Crippen molar-refractivity contribution in [3.05, 3.63) is 63.4 Å². The maximum absolute atomic E-state index is 13.2. The molecule has 134 valence electrons. The zero-order valence-electron chi connectivity index (χ0n) is 14.4. The Balaban J connectivity index is 2.33. The van der Waals surface area contributed by atoms with Crippen LogP contribution in [0.15, 0.2) is 52.4 Å². The molecule has 2 aromatic carbocycles. The van der Waals surface area contributed by atoms with Gasteiger partial charge in [-0.1, -0.05) is 48.5 Å². The number of rotatable bonds is 5. The van der Waals surface area contributed by atoms with Crippen LogP contribution in [0.2, 0.25) is 5.02 Å². The molecule has 0 radical (unpaired) electrons. The van der Waals surface area contributed by atoms with Crippen LogP contribution in [-0.2, 0) is 4.79 Å². The van der Waals surface area contributed by atoms with Gasteiger partial charge in [0, 0.05) is 5.02 Å². The molecule has 1 aromatic heterocycles. The molecule has 0 saturated heterocycles. The van der Waals surface area contributed by atoms with Gasteiger partial charge < -0.3 is 5.73 Å². The molecule has 3 rings (SSSR count). The van der Waals surface area contributed by atoms with Gasteiger partial charge in [0.05, 0.1) is 21.8 Å². The summed E-state index contributed by atoms with van der Waals surface area (Å²) in [5.41, 5.74) is 7.27. The van der Waals surface area contributed by atoms with Crippen molar-refractivity contribution in [1.82, 2.24) is 9.55 Å². The van der Waals surface area contributed by atoms with Gasteiger partial charge in [0.1, 0.15) is 0 Å². The number of carbonyl (C=O) groups is 1. The first-order valence-corrected chi connectivity index (χ1v) is 9.43. The Bertz CT molecular complexity index is 1050. The van der Waals surface area contributed by atoms with Crippen LogP contribution in [0.4, 0.5) is 0 Å². The molecule has 0 bridgehead atoms. The number of carbonyl (C=O) groups excluding carboxylic acids is 1. The number of fused-ring (bicyclic) bond motifs is 1. The van der Waals surface area contributed by atoms with Gasteiger partial charge in [-0.05, 0) is 43.2 Å². The van der Waals surface area contributed by atoms with Gasteiger partial charge in [0.2, 0.25) is 5.91 Å². The van der Waals surface area contributed by atoms with E-state index in [4.69, 9.17) is 17.3 Å². The molecule has 0 fully saturated rings. The topological polar surface area (TPSA) is 78.0 Å². The average molecular weight is 388 g/mol. The molecule has 0 aliphatic rings. The van der Waals surface area contributed by atoms with Crippen LogP contribution in [0.1, 0.15) is 18.9 Å². The quantitative estimate of drug-likeness (QED) is 0.534. The van der Waals surface area contributed by atoms with Crippen molar-refractivity contribution in [2.45, 2.75) is 30.7 Å². The van der Waals surface area contributed by atoms with E-state index in [2.05, 4.69) is 4.98 Å². The van der Waals surface area contributed by atoms with Gasteiger partial charge >= 0.3 is 0 Å². The molecule has 1 unspecified atom stereocenters. The molecule has 0 aliphatic carbocycles. The number of hydrogen-bond acceptors (Lipinski definition) is 4. The first-order chi connectivity index (χ1) is 12.4. The van der Waals surface area contributed by atoms with E-state index in [1.165, 1.54) is 16.3 Å². The summed E-state index contributed by atoms with van der Waals surface area (Å²) in [7, 11) is 0. The van der Waals surface area contributed by atoms with E-state index in [0.717, 1.165) is 5.56 Å². The lowest BCUT2D eigenvalue weighted by atomic mass is 10.2. The van der Waals surface area contributed by atoms with Gasteiger partial charge in [0.25, 0.3) is 5.56 Å². The lowest BCUT2D eigenvalue weighted by Crippen LogP contribution is -2.28. The number of thioether (sulfide) groups is 1. The maximum Gasteiger partial charge on any atom is 0.266 e. The summed E-state index contributed by atoms with van der Waals surface area (Å²) in [6.45, 7) is 3.72. The SMILES string of the molecule is CCC(Sc1nc2ccccc2c(=O)n1-c1cccc(Cl)c1C)C(N)=O. The number of nitrogens with zero attached hydrogens (tertiary/aromatic N) is 2. The molecule has 3 aromatic rings. The van der Waals surface area contributed by atoms with Crippen LogP contribution < -0.4 is 11.3 Å². The Morgan fingerprint density at radius 1 is 1.27 bits per heavy atom. The molecule has 1 atom stereocenters. The van der Waals surface area contributed by atoms with Crippen molar-refractivity contribution in [3.8, 4) is 5.69 Å². The number of amides is 1. The highest BCUT2D eigenvalue weighted by Crippen LogP contribution is 2.29. The first kappa shape index (κ1) is 18.5. The van der Waals surface area contributed by atoms with Gasteiger partial charge in [-0.25, -0.2) is 4.98 Å². The Labute approximate surface area is 160 Å². The van der Waals surface area contributed by atoms with E-state index >= 15 is 0 Å². The van der Waals surface area contributed by atoms with Crippen molar-refractivity contribution in [2.24, 2.45) is 5.73 Å². The summed E-state index contributed by atoms with van der Waals surface area (Å²) < 4.78 is 1.51. The van der Waals surface area contributed by atoms with Crippen molar-refractivity contribution < 1.29 is 4.79 Å². The molecule has 7 heteroatoms. The number of hydrogen-bond donors (Lipinski definition) is 1. The number of aromatic nitrogens is 2. The second kappa shape index (κ2) is 7.51. The number of benzene rings is 2. The molecule has 0 aliphatic heterocycles. The van der Waals surface area contributed by atoms with Gasteiger partial charge in [-0.15, -0.1) is 0 Å². The van der Waals surface area contributed by atoms with E-state index < -0.39 is 11.2 Å². The first-order valence-electron chi connectivity index (χ1n) is 8.17. The average Bonchev–Trinajstić information content (AvgIpc) is 2.62. The highest BCUT2D eigenvalue weighted by atomic mass is 35.5. The predicted molar refractivity (Wildman–Crippen MR) is 106 cm³/mol. The van der Waals surface area contributed by atoms with Crippen LogP contribution in [-0.4, -0.2) is 20.7 Å². The lowest BCUT2D eigenvalue weighted by Gasteiger charge is -2.18. The van der Waals surface area contributed by atoms with Crippen molar-refractivity contribution in [1.29, 1.82) is 0 Å². The fourth-order valence-electron chi connectivity index (χ4n) is 2.71. The summed E-state index contributed by atoms with van der Waals surface area (Å²) in [6, 6.07) is 12.5. The van der Waals surface area contributed by atoms with Crippen LogP contribution in [0, 0.1) is 6.92 Å². The Morgan fingerprint density at radius 3 is 2.69 bits per heavy atom. The second-order valence-electron chi connectivity index (χ2n) is 5.85. The minimum Gasteiger partial charge on any atom is -0.369 e. The second-order valence-corrected chi connectivity index (χ2v) is 7.43.